The number of aryl methyl sites for hydroxylation is 1. The summed E-state index contributed by atoms with van der Waals surface area (Å²) in [6, 6.07) is 2.44. The molecule has 0 atom stereocenters. The highest BCUT2D eigenvalue weighted by atomic mass is 35.5. The molecule has 0 amide bonds. The Morgan fingerprint density at radius 2 is 2.00 bits per heavy atom. The summed E-state index contributed by atoms with van der Waals surface area (Å²) >= 11 is 5.61. The van der Waals surface area contributed by atoms with Gasteiger partial charge in [0.05, 0.1) is 10.6 Å². The van der Waals surface area contributed by atoms with Gasteiger partial charge in [0.2, 0.25) is 0 Å². The summed E-state index contributed by atoms with van der Waals surface area (Å²) in [6.45, 7) is 1.48. The van der Waals surface area contributed by atoms with Crippen LogP contribution in [-0.4, -0.2) is 5.16 Å². The molecule has 0 spiro atoms. The maximum absolute atomic E-state index is 13.7. The van der Waals surface area contributed by atoms with Crippen LogP contribution in [0.4, 0.5) is 14.6 Å². The first kappa shape index (κ1) is 10.9. The molecule has 84 valence electrons. The molecule has 2 rings (SSSR count). The number of rotatable bonds is 1. The average molecular weight is 245 g/mol. The van der Waals surface area contributed by atoms with Gasteiger partial charge in [-0.1, -0.05) is 16.8 Å². The lowest BCUT2D eigenvalue weighted by Gasteiger charge is -2.05. The maximum Gasteiger partial charge on any atom is 0.175 e. The molecule has 0 bridgehead atoms. The molecule has 2 N–H and O–H groups in total. The number of hydrogen-bond donors (Lipinski definition) is 1. The minimum atomic E-state index is -0.888. The van der Waals surface area contributed by atoms with Crippen LogP contribution in [0.1, 0.15) is 5.56 Å². The number of anilines is 1. The standard InChI is InChI=1S/C10H7ClF2N2O/c1-4-2-5(11)10(13)8(9(4)12)6-3-7(14)15-16-6/h2-3H,1H3,(H2,14,15). The molecule has 3 nitrogen and oxygen atoms in total. The average Bonchev–Trinajstić information content (AvgIpc) is 2.62. The smallest absolute Gasteiger partial charge is 0.175 e. The van der Waals surface area contributed by atoms with Crippen molar-refractivity contribution in [3.63, 3.8) is 0 Å². The van der Waals surface area contributed by atoms with Crippen LogP contribution in [0, 0.1) is 18.6 Å². The highest BCUT2D eigenvalue weighted by molar-refractivity contribution is 6.31. The van der Waals surface area contributed by atoms with Crippen LogP contribution in [-0.2, 0) is 0 Å². The van der Waals surface area contributed by atoms with Gasteiger partial charge in [0.15, 0.2) is 17.4 Å². The lowest BCUT2D eigenvalue weighted by atomic mass is 10.1. The van der Waals surface area contributed by atoms with Crippen molar-refractivity contribution in [3.8, 4) is 11.3 Å². The Hall–Kier alpha value is -1.62. The summed E-state index contributed by atoms with van der Waals surface area (Å²) in [6.07, 6.45) is 0. The van der Waals surface area contributed by atoms with Crippen LogP contribution in [0.15, 0.2) is 16.7 Å². The second-order valence-electron chi connectivity index (χ2n) is 3.29. The van der Waals surface area contributed by atoms with Gasteiger partial charge in [0, 0.05) is 6.07 Å². The molecule has 1 aromatic carbocycles. The molecule has 0 saturated carbocycles. The number of nitrogens with two attached hydrogens (primary N) is 1. The van der Waals surface area contributed by atoms with Crippen LogP contribution < -0.4 is 5.73 Å². The van der Waals surface area contributed by atoms with Gasteiger partial charge in [-0.15, -0.1) is 0 Å². The first-order valence-electron chi connectivity index (χ1n) is 4.37. The van der Waals surface area contributed by atoms with Crippen LogP contribution in [0.2, 0.25) is 5.02 Å². The van der Waals surface area contributed by atoms with Gasteiger partial charge in [0.25, 0.3) is 0 Å². The quantitative estimate of drug-likeness (QED) is 0.784. The summed E-state index contributed by atoms with van der Waals surface area (Å²) in [4.78, 5) is 0. The molecular formula is C10H7ClF2N2O. The van der Waals surface area contributed by atoms with Crippen molar-refractivity contribution in [3.05, 3.63) is 34.4 Å². The molecule has 16 heavy (non-hydrogen) atoms. The number of hydrogen-bond acceptors (Lipinski definition) is 3. The van der Waals surface area contributed by atoms with E-state index in [4.69, 9.17) is 21.9 Å². The van der Waals surface area contributed by atoms with E-state index in [-0.39, 0.29) is 27.7 Å². The van der Waals surface area contributed by atoms with Crippen LogP contribution in [0.25, 0.3) is 11.3 Å². The van der Waals surface area contributed by atoms with Gasteiger partial charge in [-0.05, 0) is 18.6 Å². The Labute approximate surface area is 94.8 Å². The van der Waals surface area contributed by atoms with Gasteiger partial charge in [-0.2, -0.15) is 0 Å². The van der Waals surface area contributed by atoms with Crippen molar-refractivity contribution >= 4 is 17.4 Å². The third-order valence-electron chi connectivity index (χ3n) is 2.11. The Morgan fingerprint density at radius 1 is 1.31 bits per heavy atom. The molecule has 2 aromatic rings. The van der Waals surface area contributed by atoms with E-state index >= 15 is 0 Å². The van der Waals surface area contributed by atoms with E-state index in [0.717, 1.165) is 0 Å². The zero-order valence-electron chi connectivity index (χ0n) is 8.22. The topological polar surface area (TPSA) is 52.0 Å². The van der Waals surface area contributed by atoms with E-state index in [9.17, 15) is 8.78 Å². The summed E-state index contributed by atoms with van der Waals surface area (Å²) in [5.74, 6) is -1.66. The molecule has 0 aliphatic heterocycles. The zero-order chi connectivity index (χ0) is 11.9. The van der Waals surface area contributed by atoms with Crippen LogP contribution >= 0.6 is 11.6 Å². The molecular weight excluding hydrogens is 238 g/mol. The number of nitrogens with zero attached hydrogens (tertiary/aromatic N) is 1. The molecule has 0 unspecified atom stereocenters. The fraction of sp³-hybridized carbons (Fsp3) is 0.100. The molecule has 0 aliphatic rings. The number of nitrogen functional groups attached to an aromatic ring is 1. The molecule has 0 saturated heterocycles. The van der Waals surface area contributed by atoms with E-state index in [2.05, 4.69) is 5.16 Å². The summed E-state index contributed by atoms with van der Waals surface area (Å²) in [5, 5.41) is 3.18. The first-order valence-corrected chi connectivity index (χ1v) is 4.75. The lowest BCUT2D eigenvalue weighted by molar-refractivity contribution is 0.429. The third-order valence-corrected chi connectivity index (χ3v) is 2.39. The van der Waals surface area contributed by atoms with Crippen molar-refractivity contribution in [2.45, 2.75) is 6.92 Å². The fourth-order valence-electron chi connectivity index (χ4n) is 1.35. The molecule has 1 aromatic heterocycles. The van der Waals surface area contributed by atoms with Crippen molar-refractivity contribution in [2.75, 3.05) is 5.73 Å². The second-order valence-corrected chi connectivity index (χ2v) is 3.70. The number of benzene rings is 1. The normalized spacial score (nSPS) is 10.8. The molecule has 0 radical (unpaired) electrons. The Morgan fingerprint density at radius 3 is 2.56 bits per heavy atom. The third kappa shape index (κ3) is 1.63. The van der Waals surface area contributed by atoms with E-state index in [1.165, 1.54) is 19.1 Å². The van der Waals surface area contributed by atoms with Crippen LogP contribution in [0.3, 0.4) is 0 Å². The number of halogens is 3. The van der Waals surface area contributed by atoms with Gasteiger partial charge in [-0.25, -0.2) is 8.78 Å². The van der Waals surface area contributed by atoms with Crippen molar-refractivity contribution in [1.29, 1.82) is 0 Å². The van der Waals surface area contributed by atoms with Crippen molar-refractivity contribution < 1.29 is 13.3 Å². The SMILES string of the molecule is Cc1cc(Cl)c(F)c(-c2cc(N)no2)c1F. The maximum atomic E-state index is 13.7. The minimum absolute atomic E-state index is 0.0476. The van der Waals surface area contributed by atoms with Gasteiger partial charge >= 0.3 is 0 Å². The minimum Gasteiger partial charge on any atom is -0.381 e. The van der Waals surface area contributed by atoms with Gasteiger partial charge in [0.1, 0.15) is 5.82 Å². The highest BCUT2D eigenvalue weighted by Gasteiger charge is 2.20. The van der Waals surface area contributed by atoms with Crippen molar-refractivity contribution in [2.24, 2.45) is 0 Å². The molecule has 1 heterocycles. The van der Waals surface area contributed by atoms with Crippen molar-refractivity contribution in [1.82, 2.24) is 5.16 Å². The highest BCUT2D eigenvalue weighted by Crippen LogP contribution is 2.33. The van der Waals surface area contributed by atoms with E-state index in [1.54, 1.807) is 0 Å². The van der Waals surface area contributed by atoms with Gasteiger partial charge in [-0.3, -0.25) is 0 Å². The molecule has 0 fully saturated rings. The molecule has 6 heteroatoms. The summed E-state index contributed by atoms with van der Waals surface area (Å²) in [7, 11) is 0. The second kappa shape index (κ2) is 3.75. The summed E-state index contributed by atoms with van der Waals surface area (Å²) in [5.41, 5.74) is 5.18. The van der Waals surface area contributed by atoms with E-state index in [0.29, 0.717) is 0 Å². The monoisotopic (exact) mass is 244 g/mol. The Bertz CT molecular complexity index is 528. The van der Waals surface area contributed by atoms with Gasteiger partial charge < -0.3 is 10.3 Å². The lowest BCUT2D eigenvalue weighted by Crippen LogP contribution is -1.94. The van der Waals surface area contributed by atoms with E-state index in [1.807, 2.05) is 0 Å². The number of aromatic nitrogens is 1. The predicted molar refractivity (Wildman–Crippen MR) is 56.0 cm³/mol. The van der Waals surface area contributed by atoms with E-state index < -0.39 is 11.6 Å². The molecule has 0 aliphatic carbocycles. The first-order chi connectivity index (χ1) is 7.50. The zero-order valence-corrected chi connectivity index (χ0v) is 8.98. The fourth-order valence-corrected chi connectivity index (χ4v) is 1.61. The largest absolute Gasteiger partial charge is 0.381 e. The Balaban J connectivity index is 2.73. The van der Waals surface area contributed by atoms with Crippen LogP contribution in [0.5, 0.6) is 0 Å². The predicted octanol–water partition coefficient (Wildman–Crippen LogP) is 3.16. The Kier molecular flexibility index (Phi) is 2.55. The summed E-state index contributed by atoms with van der Waals surface area (Å²) < 4.78 is 32.1.